The van der Waals surface area contributed by atoms with E-state index in [1.165, 1.54) is 0 Å². The van der Waals surface area contributed by atoms with Crippen LogP contribution in [0.3, 0.4) is 0 Å². The molecule has 4 heteroatoms. The van der Waals surface area contributed by atoms with E-state index in [0.717, 1.165) is 47.9 Å². The van der Waals surface area contributed by atoms with E-state index in [0.29, 0.717) is 5.02 Å². The van der Waals surface area contributed by atoms with Gasteiger partial charge in [-0.05, 0) is 55.3 Å². The standard InChI is InChI=1S/C17H21Cl2NO/c1-3-9-20-16(17-8-6-14(4-2)21-17)11-12-10-13(18)5-7-15(12)19/h5-8,10,16,20H,3-4,9,11H2,1-2H3. The van der Waals surface area contributed by atoms with Gasteiger partial charge < -0.3 is 9.73 Å². The number of rotatable bonds is 7. The van der Waals surface area contributed by atoms with Gasteiger partial charge >= 0.3 is 0 Å². The summed E-state index contributed by atoms with van der Waals surface area (Å²) in [6.45, 7) is 5.17. The summed E-state index contributed by atoms with van der Waals surface area (Å²) >= 11 is 12.4. The summed E-state index contributed by atoms with van der Waals surface area (Å²) in [5.41, 5.74) is 1.03. The third kappa shape index (κ3) is 4.50. The van der Waals surface area contributed by atoms with Gasteiger partial charge in [0.25, 0.3) is 0 Å². The lowest BCUT2D eigenvalue weighted by Crippen LogP contribution is -2.23. The summed E-state index contributed by atoms with van der Waals surface area (Å²) < 4.78 is 5.90. The van der Waals surface area contributed by atoms with Crippen LogP contribution in [0, 0.1) is 0 Å². The molecule has 0 fully saturated rings. The maximum Gasteiger partial charge on any atom is 0.121 e. The molecule has 1 aromatic carbocycles. The lowest BCUT2D eigenvalue weighted by molar-refractivity contribution is 0.392. The quantitative estimate of drug-likeness (QED) is 0.734. The summed E-state index contributed by atoms with van der Waals surface area (Å²) in [4.78, 5) is 0. The van der Waals surface area contributed by atoms with Gasteiger partial charge in [-0.2, -0.15) is 0 Å². The number of benzene rings is 1. The maximum atomic E-state index is 6.28. The average molecular weight is 326 g/mol. The Labute approximate surface area is 136 Å². The normalized spacial score (nSPS) is 12.6. The summed E-state index contributed by atoms with van der Waals surface area (Å²) in [5.74, 6) is 1.96. The zero-order valence-corrected chi connectivity index (χ0v) is 14.0. The summed E-state index contributed by atoms with van der Waals surface area (Å²) in [6, 6.07) is 9.77. The minimum absolute atomic E-state index is 0.112. The SMILES string of the molecule is CCCNC(Cc1cc(Cl)ccc1Cl)c1ccc(CC)o1. The predicted octanol–water partition coefficient (Wildman–Crippen LogP) is 5.43. The zero-order chi connectivity index (χ0) is 15.2. The van der Waals surface area contributed by atoms with Crippen LogP contribution < -0.4 is 5.32 Å². The van der Waals surface area contributed by atoms with Gasteiger partial charge in [0.15, 0.2) is 0 Å². The Bertz CT molecular complexity index is 580. The van der Waals surface area contributed by atoms with Crippen molar-refractivity contribution in [2.75, 3.05) is 6.54 Å². The number of aryl methyl sites for hydroxylation is 1. The van der Waals surface area contributed by atoms with Crippen LogP contribution in [0.25, 0.3) is 0 Å². The number of halogens is 2. The van der Waals surface area contributed by atoms with Crippen LogP contribution in [0.4, 0.5) is 0 Å². The highest BCUT2D eigenvalue weighted by Gasteiger charge is 2.17. The van der Waals surface area contributed by atoms with Crippen molar-refractivity contribution in [3.8, 4) is 0 Å². The molecular weight excluding hydrogens is 305 g/mol. The molecule has 1 atom stereocenters. The highest BCUT2D eigenvalue weighted by atomic mass is 35.5. The molecule has 0 amide bonds. The van der Waals surface area contributed by atoms with Gasteiger partial charge in [0.1, 0.15) is 11.5 Å². The van der Waals surface area contributed by atoms with Crippen LogP contribution in [-0.2, 0) is 12.8 Å². The first-order valence-corrected chi connectivity index (χ1v) is 8.15. The van der Waals surface area contributed by atoms with E-state index in [-0.39, 0.29) is 6.04 Å². The fourth-order valence-electron chi connectivity index (χ4n) is 2.28. The smallest absolute Gasteiger partial charge is 0.121 e. The molecule has 0 saturated heterocycles. The zero-order valence-electron chi connectivity index (χ0n) is 12.5. The molecule has 0 aliphatic carbocycles. The van der Waals surface area contributed by atoms with Gasteiger partial charge in [-0.3, -0.25) is 0 Å². The monoisotopic (exact) mass is 325 g/mol. The molecule has 1 N–H and O–H groups in total. The molecule has 2 aromatic rings. The number of nitrogens with one attached hydrogen (secondary N) is 1. The van der Waals surface area contributed by atoms with Gasteiger partial charge in [-0.15, -0.1) is 0 Å². The van der Waals surface area contributed by atoms with Gasteiger partial charge in [0.2, 0.25) is 0 Å². The van der Waals surface area contributed by atoms with Crippen molar-refractivity contribution >= 4 is 23.2 Å². The average Bonchev–Trinajstić information content (AvgIpc) is 2.95. The van der Waals surface area contributed by atoms with E-state index < -0.39 is 0 Å². The Morgan fingerprint density at radius 2 is 1.95 bits per heavy atom. The maximum absolute atomic E-state index is 6.28. The molecule has 0 aliphatic heterocycles. The lowest BCUT2D eigenvalue weighted by atomic mass is 10.0. The molecular formula is C17H21Cl2NO. The minimum Gasteiger partial charge on any atom is -0.464 e. The molecule has 1 heterocycles. The van der Waals surface area contributed by atoms with Crippen LogP contribution in [0.5, 0.6) is 0 Å². The van der Waals surface area contributed by atoms with Crippen LogP contribution in [0.15, 0.2) is 34.7 Å². The van der Waals surface area contributed by atoms with E-state index >= 15 is 0 Å². The highest BCUT2D eigenvalue weighted by molar-refractivity contribution is 6.33. The van der Waals surface area contributed by atoms with Gasteiger partial charge in [-0.1, -0.05) is 37.0 Å². The largest absolute Gasteiger partial charge is 0.464 e. The van der Waals surface area contributed by atoms with Gasteiger partial charge in [0, 0.05) is 16.5 Å². The lowest BCUT2D eigenvalue weighted by Gasteiger charge is -2.17. The second-order valence-corrected chi connectivity index (χ2v) is 5.95. The van der Waals surface area contributed by atoms with Crippen LogP contribution in [-0.4, -0.2) is 6.54 Å². The summed E-state index contributed by atoms with van der Waals surface area (Å²) in [7, 11) is 0. The summed E-state index contributed by atoms with van der Waals surface area (Å²) in [5, 5.41) is 4.97. The van der Waals surface area contributed by atoms with E-state index in [1.807, 2.05) is 30.3 Å². The Balaban J connectivity index is 2.21. The van der Waals surface area contributed by atoms with Crippen LogP contribution >= 0.6 is 23.2 Å². The molecule has 0 spiro atoms. The third-order valence-electron chi connectivity index (χ3n) is 3.45. The topological polar surface area (TPSA) is 25.2 Å². The summed E-state index contributed by atoms with van der Waals surface area (Å²) in [6.07, 6.45) is 2.73. The van der Waals surface area contributed by atoms with Crippen molar-refractivity contribution in [2.45, 2.75) is 39.2 Å². The first-order chi connectivity index (χ1) is 10.1. The van der Waals surface area contributed by atoms with E-state index in [2.05, 4.69) is 19.2 Å². The Hall–Kier alpha value is -0.960. The molecule has 1 unspecified atom stereocenters. The highest BCUT2D eigenvalue weighted by Crippen LogP contribution is 2.27. The van der Waals surface area contributed by atoms with Gasteiger partial charge in [-0.25, -0.2) is 0 Å². The Kier molecular flexibility index (Phi) is 6.16. The van der Waals surface area contributed by atoms with Crippen molar-refractivity contribution in [1.29, 1.82) is 0 Å². The van der Waals surface area contributed by atoms with Crippen molar-refractivity contribution in [3.05, 3.63) is 57.5 Å². The molecule has 0 aliphatic rings. The van der Waals surface area contributed by atoms with Crippen molar-refractivity contribution < 1.29 is 4.42 Å². The predicted molar refractivity (Wildman–Crippen MR) is 89.3 cm³/mol. The second kappa shape index (κ2) is 7.88. The van der Waals surface area contributed by atoms with E-state index in [1.54, 1.807) is 0 Å². The third-order valence-corrected chi connectivity index (χ3v) is 4.05. The molecule has 0 bridgehead atoms. The van der Waals surface area contributed by atoms with E-state index in [4.69, 9.17) is 27.6 Å². The first-order valence-electron chi connectivity index (χ1n) is 7.40. The fourth-order valence-corrected chi connectivity index (χ4v) is 2.67. The molecule has 0 saturated carbocycles. The minimum atomic E-state index is 0.112. The second-order valence-electron chi connectivity index (χ2n) is 5.10. The van der Waals surface area contributed by atoms with Crippen LogP contribution in [0.1, 0.15) is 43.4 Å². The number of furan rings is 1. The van der Waals surface area contributed by atoms with Crippen molar-refractivity contribution in [2.24, 2.45) is 0 Å². The van der Waals surface area contributed by atoms with Crippen molar-refractivity contribution in [3.63, 3.8) is 0 Å². The number of hydrogen-bond donors (Lipinski definition) is 1. The molecule has 1 aromatic heterocycles. The van der Waals surface area contributed by atoms with Crippen LogP contribution in [0.2, 0.25) is 10.0 Å². The molecule has 2 rings (SSSR count). The molecule has 0 radical (unpaired) electrons. The number of hydrogen-bond acceptors (Lipinski definition) is 2. The molecule has 21 heavy (non-hydrogen) atoms. The molecule has 2 nitrogen and oxygen atoms in total. The Morgan fingerprint density at radius 3 is 2.62 bits per heavy atom. The first kappa shape index (κ1) is 16.4. The Morgan fingerprint density at radius 1 is 1.14 bits per heavy atom. The van der Waals surface area contributed by atoms with Gasteiger partial charge in [0.05, 0.1) is 6.04 Å². The fraction of sp³-hybridized carbons (Fsp3) is 0.412. The molecule has 114 valence electrons. The van der Waals surface area contributed by atoms with Crippen molar-refractivity contribution in [1.82, 2.24) is 5.32 Å². The van der Waals surface area contributed by atoms with E-state index in [9.17, 15) is 0 Å².